The van der Waals surface area contributed by atoms with E-state index in [-0.39, 0.29) is 24.0 Å². The van der Waals surface area contributed by atoms with E-state index in [0.29, 0.717) is 19.1 Å². The van der Waals surface area contributed by atoms with Crippen LogP contribution in [0.5, 0.6) is 0 Å². The number of ether oxygens (including phenoxy) is 1. The van der Waals surface area contributed by atoms with Crippen LogP contribution in [0, 0.1) is 0 Å². The Bertz CT molecular complexity index is 319. The summed E-state index contributed by atoms with van der Waals surface area (Å²) in [5.74, 6) is 0.459. The number of aliphatic imine (C=N–C) groups is 1. The van der Waals surface area contributed by atoms with E-state index < -0.39 is 0 Å². The Morgan fingerprint density at radius 1 is 1.59 bits per heavy atom. The van der Waals surface area contributed by atoms with Crippen molar-refractivity contribution in [1.29, 1.82) is 0 Å². The van der Waals surface area contributed by atoms with Gasteiger partial charge in [0.15, 0.2) is 5.96 Å². The fourth-order valence-corrected chi connectivity index (χ4v) is 1.19. The normalized spacial score (nSPS) is 10.8. The number of hydrogen-bond donors (Lipinski definition) is 2. The molecule has 0 bridgehead atoms. The van der Waals surface area contributed by atoms with E-state index in [1.165, 1.54) is 5.56 Å². The van der Waals surface area contributed by atoms with Crippen LogP contribution in [0.15, 0.2) is 29.5 Å². The molecule has 96 valence electrons. The van der Waals surface area contributed by atoms with Crippen molar-refractivity contribution in [3.05, 3.63) is 30.1 Å². The lowest BCUT2D eigenvalue weighted by atomic mass is 10.2. The van der Waals surface area contributed by atoms with Gasteiger partial charge in [-0.1, -0.05) is 6.07 Å². The lowest BCUT2D eigenvalue weighted by Crippen LogP contribution is -2.33. The summed E-state index contributed by atoms with van der Waals surface area (Å²) in [7, 11) is 1.64. The molecule has 0 fully saturated rings. The summed E-state index contributed by atoms with van der Waals surface area (Å²) in [6.07, 6.45) is 4.49. The van der Waals surface area contributed by atoms with E-state index in [1.54, 1.807) is 13.3 Å². The van der Waals surface area contributed by atoms with E-state index in [1.807, 2.05) is 18.3 Å². The first-order valence-corrected chi connectivity index (χ1v) is 5.24. The van der Waals surface area contributed by atoms with Gasteiger partial charge in [0, 0.05) is 26.0 Å². The molecule has 0 aliphatic rings. The molecule has 0 amide bonds. The molecule has 0 aliphatic heterocycles. The lowest BCUT2D eigenvalue weighted by Gasteiger charge is -2.05. The number of nitrogens with one attached hydrogen (secondary N) is 1. The molecule has 3 N–H and O–H groups in total. The van der Waals surface area contributed by atoms with Crippen molar-refractivity contribution in [1.82, 2.24) is 10.3 Å². The largest absolute Gasteiger partial charge is 0.383 e. The number of guanidine groups is 1. The molecular weight excluding hydrogens is 331 g/mol. The Balaban J connectivity index is 0.00000256. The fourth-order valence-electron chi connectivity index (χ4n) is 1.19. The van der Waals surface area contributed by atoms with Crippen LogP contribution in [-0.4, -0.2) is 37.7 Å². The second-order valence-electron chi connectivity index (χ2n) is 3.30. The lowest BCUT2D eigenvalue weighted by molar-refractivity contribution is 0.208. The summed E-state index contributed by atoms with van der Waals surface area (Å²) in [5.41, 5.74) is 6.83. The van der Waals surface area contributed by atoms with Crippen molar-refractivity contribution in [2.75, 3.05) is 26.8 Å². The third-order valence-corrected chi connectivity index (χ3v) is 2.02. The van der Waals surface area contributed by atoms with Crippen LogP contribution in [0.3, 0.4) is 0 Å². The minimum absolute atomic E-state index is 0. The summed E-state index contributed by atoms with van der Waals surface area (Å²) >= 11 is 0. The molecular formula is C11H19IN4O. The molecule has 5 nitrogen and oxygen atoms in total. The third kappa shape index (κ3) is 7.92. The van der Waals surface area contributed by atoms with Gasteiger partial charge in [-0.2, -0.15) is 0 Å². The monoisotopic (exact) mass is 350 g/mol. The molecule has 0 aromatic carbocycles. The number of pyridine rings is 1. The molecule has 1 heterocycles. The first-order valence-electron chi connectivity index (χ1n) is 5.24. The number of hydrogen-bond acceptors (Lipinski definition) is 3. The van der Waals surface area contributed by atoms with Crippen LogP contribution in [0.1, 0.15) is 5.56 Å². The van der Waals surface area contributed by atoms with Crippen LogP contribution in [0.25, 0.3) is 0 Å². The Morgan fingerprint density at radius 3 is 3.06 bits per heavy atom. The zero-order valence-corrected chi connectivity index (χ0v) is 12.3. The van der Waals surface area contributed by atoms with Gasteiger partial charge in [-0.25, -0.2) is 0 Å². The average Bonchev–Trinajstić information content (AvgIpc) is 2.31. The number of rotatable bonds is 6. The zero-order chi connectivity index (χ0) is 11.6. The number of nitrogens with two attached hydrogens (primary N) is 1. The maximum Gasteiger partial charge on any atom is 0.188 e. The maximum absolute atomic E-state index is 5.65. The van der Waals surface area contributed by atoms with Gasteiger partial charge in [0.25, 0.3) is 0 Å². The Kier molecular flexibility index (Phi) is 9.74. The molecule has 6 heteroatoms. The van der Waals surface area contributed by atoms with Gasteiger partial charge < -0.3 is 15.8 Å². The average molecular weight is 350 g/mol. The quantitative estimate of drug-likeness (QED) is 0.344. The topological polar surface area (TPSA) is 72.5 Å². The second-order valence-corrected chi connectivity index (χ2v) is 3.30. The first-order chi connectivity index (χ1) is 7.83. The summed E-state index contributed by atoms with van der Waals surface area (Å²) in [4.78, 5) is 8.13. The van der Waals surface area contributed by atoms with Crippen molar-refractivity contribution in [3.8, 4) is 0 Å². The second kappa shape index (κ2) is 10.3. The van der Waals surface area contributed by atoms with Gasteiger partial charge in [-0.05, 0) is 18.1 Å². The van der Waals surface area contributed by atoms with Crippen LogP contribution in [0.4, 0.5) is 0 Å². The smallest absolute Gasteiger partial charge is 0.188 e. The third-order valence-electron chi connectivity index (χ3n) is 2.02. The Morgan fingerprint density at radius 2 is 2.41 bits per heavy atom. The molecule has 1 aromatic rings. The predicted molar refractivity (Wildman–Crippen MR) is 79.7 cm³/mol. The van der Waals surface area contributed by atoms with Crippen molar-refractivity contribution in [2.45, 2.75) is 6.42 Å². The van der Waals surface area contributed by atoms with Gasteiger partial charge in [-0.15, -0.1) is 24.0 Å². The molecule has 0 aliphatic carbocycles. The molecule has 0 saturated heterocycles. The number of methoxy groups -OCH3 is 1. The van der Waals surface area contributed by atoms with Gasteiger partial charge in [0.2, 0.25) is 0 Å². The van der Waals surface area contributed by atoms with Crippen LogP contribution < -0.4 is 11.1 Å². The molecule has 0 saturated carbocycles. The standard InChI is InChI=1S/C11H18N4O.HI/c1-16-8-7-15-11(12)14-6-4-10-3-2-5-13-9-10;/h2-3,5,9H,4,6-8H2,1H3,(H3,12,14,15);1H. The van der Waals surface area contributed by atoms with E-state index >= 15 is 0 Å². The number of aromatic nitrogens is 1. The highest BCUT2D eigenvalue weighted by Crippen LogP contribution is 1.94. The molecule has 1 aromatic heterocycles. The van der Waals surface area contributed by atoms with Gasteiger partial charge in [-0.3, -0.25) is 9.98 Å². The van der Waals surface area contributed by atoms with Crippen LogP contribution >= 0.6 is 24.0 Å². The van der Waals surface area contributed by atoms with Gasteiger partial charge in [0.05, 0.1) is 13.2 Å². The SMILES string of the molecule is COCCN=C(N)NCCc1cccnc1.I. The van der Waals surface area contributed by atoms with E-state index in [4.69, 9.17) is 10.5 Å². The van der Waals surface area contributed by atoms with Gasteiger partial charge in [0.1, 0.15) is 0 Å². The fraction of sp³-hybridized carbons (Fsp3) is 0.455. The molecule has 0 spiro atoms. The first kappa shape index (κ1) is 16.1. The maximum atomic E-state index is 5.65. The van der Waals surface area contributed by atoms with Crippen molar-refractivity contribution < 1.29 is 4.74 Å². The summed E-state index contributed by atoms with van der Waals surface area (Å²) in [6, 6.07) is 3.96. The molecule has 0 unspecified atom stereocenters. The molecule has 0 atom stereocenters. The number of halogens is 1. The van der Waals surface area contributed by atoms with Crippen molar-refractivity contribution >= 4 is 29.9 Å². The summed E-state index contributed by atoms with van der Waals surface area (Å²) < 4.78 is 4.87. The highest BCUT2D eigenvalue weighted by molar-refractivity contribution is 14.0. The molecule has 1 rings (SSSR count). The van der Waals surface area contributed by atoms with Crippen molar-refractivity contribution in [3.63, 3.8) is 0 Å². The minimum Gasteiger partial charge on any atom is -0.383 e. The number of nitrogens with zero attached hydrogens (tertiary/aromatic N) is 2. The van der Waals surface area contributed by atoms with Gasteiger partial charge >= 0.3 is 0 Å². The van der Waals surface area contributed by atoms with Crippen molar-refractivity contribution in [2.24, 2.45) is 10.7 Å². The zero-order valence-electron chi connectivity index (χ0n) is 9.93. The highest BCUT2D eigenvalue weighted by Gasteiger charge is 1.93. The Hall–Kier alpha value is -0.890. The van der Waals surface area contributed by atoms with E-state index in [0.717, 1.165) is 13.0 Å². The minimum atomic E-state index is 0. The molecule has 0 radical (unpaired) electrons. The molecule has 17 heavy (non-hydrogen) atoms. The highest BCUT2D eigenvalue weighted by atomic mass is 127. The summed E-state index contributed by atoms with van der Waals surface area (Å²) in [6.45, 7) is 1.93. The Labute approximate surface area is 119 Å². The van der Waals surface area contributed by atoms with Crippen LogP contribution in [0.2, 0.25) is 0 Å². The van der Waals surface area contributed by atoms with E-state index in [9.17, 15) is 0 Å². The predicted octanol–water partition coefficient (Wildman–Crippen LogP) is 0.793. The van der Waals surface area contributed by atoms with Crippen LogP contribution in [-0.2, 0) is 11.2 Å². The summed E-state index contributed by atoms with van der Waals surface area (Å²) in [5, 5.41) is 3.03. The van der Waals surface area contributed by atoms with E-state index in [2.05, 4.69) is 15.3 Å².